The fourth-order valence-electron chi connectivity index (χ4n) is 3.07. The standard InChI is InChI=1S/C21H17N3O3S/c1-12-9-15(10-13(2)18(12)27-14(3)25)11-17-20(26)24-21(28-17)22-19(23-24)16-7-5-4-6-8-16/h4-11H,1-3H3/b17-11+. The van der Waals surface area contributed by atoms with Gasteiger partial charge in [0, 0.05) is 12.5 Å². The van der Waals surface area contributed by atoms with E-state index in [4.69, 9.17) is 4.74 Å². The van der Waals surface area contributed by atoms with Crippen molar-refractivity contribution in [3.05, 3.63) is 74.0 Å². The van der Waals surface area contributed by atoms with Gasteiger partial charge in [-0.1, -0.05) is 41.7 Å². The van der Waals surface area contributed by atoms with E-state index in [-0.39, 0.29) is 11.5 Å². The third kappa shape index (κ3) is 3.32. The van der Waals surface area contributed by atoms with Gasteiger partial charge in [-0.2, -0.15) is 9.50 Å². The smallest absolute Gasteiger partial charge is 0.308 e. The van der Waals surface area contributed by atoms with Crippen LogP contribution in [0.15, 0.2) is 47.3 Å². The van der Waals surface area contributed by atoms with Crippen molar-refractivity contribution < 1.29 is 9.53 Å². The number of carbonyl (C=O) groups is 1. The van der Waals surface area contributed by atoms with Crippen LogP contribution < -0.4 is 14.8 Å². The van der Waals surface area contributed by atoms with E-state index in [0.29, 0.717) is 21.1 Å². The Labute approximate surface area is 164 Å². The Balaban J connectivity index is 1.76. The maximum atomic E-state index is 12.7. The first kappa shape index (κ1) is 18.1. The summed E-state index contributed by atoms with van der Waals surface area (Å²) in [4.78, 5) is 29.0. The minimum atomic E-state index is -0.357. The van der Waals surface area contributed by atoms with Crippen molar-refractivity contribution >= 4 is 28.3 Å². The minimum Gasteiger partial charge on any atom is -0.426 e. The number of fused-ring (bicyclic) bond motifs is 1. The summed E-state index contributed by atoms with van der Waals surface area (Å²) >= 11 is 1.30. The maximum Gasteiger partial charge on any atom is 0.308 e. The molecule has 0 spiro atoms. The second-order valence-electron chi connectivity index (χ2n) is 6.49. The quantitative estimate of drug-likeness (QED) is 0.397. The van der Waals surface area contributed by atoms with Gasteiger partial charge in [0.25, 0.3) is 5.56 Å². The van der Waals surface area contributed by atoms with Crippen LogP contribution in [0.5, 0.6) is 5.75 Å². The Kier molecular flexibility index (Phi) is 4.52. The molecule has 0 radical (unpaired) electrons. The van der Waals surface area contributed by atoms with Gasteiger partial charge >= 0.3 is 5.97 Å². The fourth-order valence-corrected chi connectivity index (χ4v) is 3.97. The molecule has 2 aromatic heterocycles. The lowest BCUT2D eigenvalue weighted by molar-refractivity contribution is -0.131. The van der Waals surface area contributed by atoms with Crippen LogP contribution in [0.4, 0.5) is 0 Å². The molecule has 0 N–H and O–H groups in total. The predicted molar refractivity (Wildman–Crippen MR) is 109 cm³/mol. The third-order valence-corrected chi connectivity index (χ3v) is 5.20. The number of rotatable bonds is 3. The third-order valence-electron chi connectivity index (χ3n) is 4.24. The Morgan fingerprint density at radius 3 is 2.43 bits per heavy atom. The summed E-state index contributed by atoms with van der Waals surface area (Å²) in [5, 5.41) is 4.35. The first-order valence-corrected chi connectivity index (χ1v) is 9.50. The van der Waals surface area contributed by atoms with Gasteiger partial charge in [-0.25, -0.2) is 0 Å². The molecular weight excluding hydrogens is 374 g/mol. The molecular formula is C21H17N3O3S. The summed E-state index contributed by atoms with van der Waals surface area (Å²) in [7, 11) is 0. The zero-order chi connectivity index (χ0) is 19.8. The second kappa shape index (κ2) is 7.01. The van der Waals surface area contributed by atoms with E-state index in [2.05, 4.69) is 10.1 Å². The van der Waals surface area contributed by atoms with Crippen molar-refractivity contribution in [3.8, 4) is 17.1 Å². The number of nitrogens with zero attached hydrogens (tertiary/aromatic N) is 3. The van der Waals surface area contributed by atoms with Crippen LogP contribution in [0, 0.1) is 13.8 Å². The number of ether oxygens (including phenoxy) is 1. The van der Waals surface area contributed by atoms with E-state index in [1.54, 1.807) is 0 Å². The van der Waals surface area contributed by atoms with Crippen LogP contribution >= 0.6 is 11.3 Å². The fraction of sp³-hybridized carbons (Fsp3) is 0.143. The van der Waals surface area contributed by atoms with Crippen LogP contribution in [-0.4, -0.2) is 20.6 Å². The molecule has 0 aliphatic heterocycles. The monoisotopic (exact) mass is 391 g/mol. The molecule has 0 bridgehead atoms. The molecule has 0 fully saturated rings. The molecule has 4 rings (SSSR count). The van der Waals surface area contributed by atoms with E-state index in [9.17, 15) is 9.59 Å². The number of hydrogen-bond donors (Lipinski definition) is 0. The van der Waals surface area contributed by atoms with Crippen molar-refractivity contribution in [2.75, 3.05) is 0 Å². The van der Waals surface area contributed by atoms with Crippen molar-refractivity contribution in [1.29, 1.82) is 0 Å². The van der Waals surface area contributed by atoms with Crippen LogP contribution in [0.1, 0.15) is 23.6 Å². The number of carbonyl (C=O) groups excluding carboxylic acids is 1. The van der Waals surface area contributed by atoms with Gasteiger partial charge in [-0.3, -0.25) is 9.59 Å². The Morgan fingerprint density at radius 2 is 1.82 bits per heavy atom. The molecule has 0 saturated heterocycles. The highest BCUT2D eigenvalue weighted by Crippen LogP contribution is 2.25. The molecule has 0 saturated carbocycles. The Bertz CT molecular complexity index is 1280. The molecule has 6 nitrogen and oxygen atoms in total. The molecule has 2 heterocycles. The van der Waals surface area contributed by atoms with E-state index >= 15 is 0 Å². The molecule has 28 heavy (non-hydrogen) atoms. The SMILES string of the molecule is CC(=O)Oc1c(C)cc(/C=c2/sc3nc(-c4ccccc4)nn3c2=O)cc1C. The second-order valence-corrected chi connectivity index (χ2v) is 7.50. The highest BCUT2D eigenvalue weighted by Gasteiger charge is 2.12. The average Bonchev–Trinajstić information content (AvgIpc) is 3.19. The van der Waals surface area contributed by atoms with Crippen molar-refractivity contribution in [2.24, 2.45) is 0 Å². The number of benzene rings is 2. The molecule has 140 valence electrons. The van der Waals surface area contributed by atoms with Gasteiger partial charge in [-0.05, 0) is 48.7 Å². The van der Waals surface area contributed by atoms with Crippen LogP contribution in [0.25, 0.3) is 22.4 Å². The maximum absolute atomic E-state index is 12.7. The van der Waals surface area contributed by atoms with E-state index in [0.717, 1.165) is 22.3 Å². The molecule has 0 aliphatic carbocycles. The van der Waals surface area contributed by atoms with Crippen LogP contribution in [0.2, 0.25) is 0 Å². The summed E-state index contributed by atoms with van der Waals surface area (Å²) in [5.41, 5.74) is 3.19. The van der Waals surface area contributed by atoms with Crippen molar-refractivity contribution in [1.82, 2.24) is 14.6 Å². The number of aromatic nitrogens is 3. The summed E-state index contributed by atoms with van der Waals surface area (Å²) in [6.07, 6.45) is 1.81. The summed E-state index contributed by atoms with van der Waals surface area (Å²) < 4.78 is 7.15. The van der Waals surface area contributed by atoms with E-state index in [1.165, 1.54) is 22.8 Å². The van der Waals surface area contributed by atoms with Gasteiger partial charge in [0.2, 0.25) is 4.96 Å². The number of thiazole rings is 1. The zero-order valence-electron chi connectivity index (χ0n) is 15.6. The number of esters is 1. The Morgan fingerprint density at radius 1 is 1.14 bits per heavy atom. The van der Waals surface area contributed by atoms with Gasteiger partial charge in [0.05, 0.1) is 4.53 Å². The first-order chi connectivity index (χ1) is 13.4. The van der Waals surface area contributed by atoms with E-state index < -0.39 is 0 Å². The highest BCUT2D eigenvalue weighted by molar-refractivity contribution is 7.15. The largest absolute Gasteiger partial charge is 0.426 e. The van der Waals surface area contributed by atoms with Gasteiger partial charge in [0.1, 0.15) is 5.75 Å². The molecule has 0 aliphatic rings. The Hall–Kier alpha value is -3.32. The lowest BCUT2D eigenvalue weighted by Crippen LogP contribution is -2.23. The summed E-state index contributed by atoms with van der Waals surface area (Å²) in [5.74, 6) is 0.736. The number of aryl methyl sites for hydroxylation is 2. The topological polar surface area (TPSA) is 73.6 Å². The van der Waals surface area contributed by atoms with Gasteiger partial charge in [0.15, 0.2) is 5.82 Å². The molecule has 0 unspecified atom stereocenters. The highest BCUT2D eigenvalue weighted by atomic mass is 32.1. The van der Waals surface area contributed by atoms with Crippen LogP contribution in [0.3, 0.4) is 0 Å². The van der Waals surface area contributed by atoms with Crippen molar-refractivity contribution in [2.45, 2.75) is 20.8 Å². The molecule has 7 heteroatoms. The molecule has 4 aromatic rings. The zero-order valence-corrected chi connectivity index (χ0v) is 16.4. The van der Waals surface area contributed by atoms with Crippen LogP contribution in [-0.2, 0) is 4.79 Å². The minimum absolute atomic E-state index is 0.200. The van der Waals surface area contributed by atoms with E-state index in [1.807, 2.05) is 62.4 Å². The predicted octanol–water partition coefficient (Wildman–Crippen LogP) is 2.91. The van der Waals surface area contributed by atoms with Gasteiger partial charge in [-0.15, -0.1) is 5.10 Å². The lowest BCUT2D eigenvalue weighted by Gasteiger charge is -2.10. The van der Waals surface area contributed by atoms with Gasteiger partial charge < -0.3 is 4.74 Å². The normalized spacial score (nSPS) is 11.9. The first-order valence-electron chi connectivity index (χ1n) is 8.69. The molecule has 2 aromatic carbocycles. The summed E-state index contributed by atoms with van der Waals surface area (Å²) in [6.45, 7) is 5.12. The average molecular weight is 391 g/mol. The molecule has 0 amide bonds. The lowest BCUT2D eigenvalue weighted by atomic mass is 10.1. The van der Waals surface area contributed by atoms with Crippen molar-refractivity contribution in [3.63, 3.8) is 0 Å². The summed E-state index contributed by atoms with van der Waals surface area (Å²) in [6, 6.07) is 13.3. The molecule has 0 atom stereocenters. The number of hydrogen-bond acceptors (Lipinski definition) is 6.